The molecule has 7 heteroatoms. The van der Waals surface area contributed by atoms with Gasteiger partial charge in [0.15, 0.2) is 6.61 Å². The van der Waals surface area contributed by atoms with Crippen molar-refractivity contribution in [3.8, 4) is 5.75 Å². The van der Waals surface area contributed by atoms with Gasteiger partial charge in [-0.3, -0.25) is 9.59 Å². The van der Waals surface area contributed by atoms with Crippen LogP contribution in [0.2, 0.25) is 0 Å². The van der Waals surface area contributed by atoms with E-state index >= 15 is 0 Å². The van der Waals surface area contributed by atoms with Gasteiger partial charge in [-0.05, 0) is 55.7 Å². The molecule has 0 aromatic heterocycles. The Balaban J connectivity index is 1.74. The molecule has 0 aliphatic carbocycles. The second kappa shape index (κ2) is 11.6. The van der Waals surface area contributed by atoms with Crippen molar-refractivity contribution in [2.75, 3.05) is 25.1 Å². The van der Waals surface area contributed by atoms with Crippen molar-refractivity contribution in [3.05, 3.63) is 59.2 Å². The number of ether oxygens (including phenoxy) is 2. The lowest BCUT2D eigenvalue weighted by Crippen LogP contribution is -2.36. The fourth-order valence-electron chi connectivity index (χ4n) is 2.65. The van der Waals surface area contributed by atoms with Crippen LogP contribution in [-0.4, -0.2) is 37.5 Å². The van der Waals surface area contributed by atoms with Crippen molar-refractivity contribution in [1.29, 1.82) is 0 Å². The third-order valence-electron chi connectivity index (χ3n) is 4.38. The molecule has 0 radical (unpaired) electrons. The Labute approximate surface area is 176 Å². The van der Waals surface area contributed by atoms with E-state index in [9.17, 15) is 14.4 Å². The first-order valence-electron chi connectivity index (χ1n) is 9.93. The summed E-state index contributed by atoms with van der Waals surface area (Å²) < 4.78 is 10.5. The molecule has 0 saturated heterocycles. The summed E-state index contributed by atoms with van der Waals surface area (Å²) in [6.45, 7) is 5.84. The summed E-state index contributed by atoms with van der Waals surface area (Å²) in [6, 6.07) is 12.1. The molecule has 0 spiro atoms. The molecule has 2 N–H and O–H groups in total. The van der Waals surface area contributed by atoms with E-state index in [0.717, 1.165) is 29.7 Å². The van der Waals surface area contributed by atoms with E-state index < -0.39 is 5.91 Å². The molecule has 30 heavy (non-hydrogen) atoms. The van der Waals surface area contributed by atoms with Crippen molar-refractivity contribution >= 4 is 23.5 Å². The predicted molar refractivity (Wildman–Crippen MR) is 115 cm³/mol. The Morgan fingerprint density at radius 1 is 0.933 bits per heavy atom. The lowest BCUT2D eigenvalue weighted by Gasteiger charge is -2.12. The minimum absolute atomic E-state index is 0.154. The van der Waals surface area contributed by atoms with Crippen LogP contribution in [0.25, 0.3) is 0 Å². The van der Waals surface area contributed by atoms with Gasteiger partial charge in [-0.2, -0.15) is 0 Å². The van der Waals surface area contributed by atoms with Crippen LogP contribution in [0.4, 0.5) is 5.69 Å². The highest BCUT2D eigenvalue weighted by molar-refractivity contribution is 5.95. The third kappa shape index (κ3) is 7.24. The van der Waals surface area contributed by atoms with Gasteiger partial charge < -0.3 is 20.1 Å². The minimum Gasteiger partial charge on any atom is -0.484 e. The molecular weight excluding hydrogens is 384 g/mol. The molecule has 0 aliphatic rings. The number of nitrogens with one attached hydrogen (secondary N) is 2. The fourth-order valence-corrected chi connectivity index (χ4v) is 2.65. The number of benzene rings is 2. The molecule has 2 amide bonds. The molecule has 7 nitrogen and oxygen atoms in total. The van der Waals surface area contributed by atoms with Crippen LogP contribution in [0.1, 0.15) is 41.3 Å². The summed E-state index contributed by atoms with van der Waals surface area (Å²) in [5, 5.41) is 5.32. The molecule has 2 aromatic carbocycles. The Kier molecular flexibility index (Phi) is 8.87. The highest BCUT2D eigenvalue weighted by Gasteiger charge is 2.10. The number of rotatable bonds is 10. The minimum atomic E-state index is -0.422. The van der Waals surface area contributed by atoms with Gasteiger partial charge in [0.05, 0.1) is 18.7 Å². The Morgan fingerprint density at radius 2 is 1.60 bits per heavy atom. The van der Waals surface area contributed by atoms with E-state index in [1.54, 1.807) is 24.3 Å². The standard InChI is InChI=1S/C23H28N2O5/c1-4-5-13-29-23(28)18-9-11-19(12-10-18)30-15-21(27)24-14-20(26)25-22-16(2)7-6-8-17(22)3/h6-12H,4-5,13-15H2,1-3H3,(H,24,27)(H,25,26). The summed E-state index contributed by atoms with van der Waals surface area (Å²) >= 11 is 0. The smallest absolute Gasteiger partial charge is 0.338 e. The molecule has 0 fully saturated rings. The number of hydrogen-bond acceptors (Lipinski definition) is 5. The highest BCUT2D eigenvalue weighted by atomic mass is 16.5. The SMILES string of the molecule is CCCCOC(=O)c1ccc(OCC(=O)NCC(=O)Nc2c(C)cccc2C)cc1. The summed E-state index contributed by atoms with van der Waals surface area (Å²) in [4.78, 5) is 35.9. The van der Waals surface area contributed by atoms with Gasteiger partial charge in [0.25, 0.3) is 5.91 Å². The number of carbonyl (C=O) groups excluding carboxylic acids is 3. The number of hydrogen-bond donors (Lipinski definition) is 2. The molecule has 2 aromatic rings. The van der Waals surface area contributed by atoms with E-state index in [4.69, 9.17) is 9.47 Å². The Bertz CT molecular complexity index is 857. The quantitative estimate of drug-likeness (QED) is 0.461. The lowest BCUT2D eigenvalue weighted by atomic mass is 10.1. The second-order valence-electron chi connectivity index (χ2n) is 6.89. The lowest BCUT2D eigenvalue weighted by molar-refractivity contribution is -0.125. The maximum absolute atomic E-state index is 12.1. The maximum atomic E-state index is 12.1. The first kappa shape index (κ1) is 22.9. The van der Waals surface area contributed by atoms with E-state index in [1.807, 2.05) is 39.0 Å². The number of para-hydroxylation sites is 1. The van der Waals surface area contributed by atoms with E-state index in [0.29, 0.717) is 17.9 Å². The first-order chi connectivity index (χ1) is 14.4. The van der Waals surface area contributed by atoms with Crippen LogP contribution >= 0.6 is 0 Å². The van der Waals surface area contributed by atoms with Crippen molar-refractivity contribution in [2.24, 2.45) is 0 Å². The summed E-state index contributed by atoms with van der Waals surface area (Å²) in [5.74, 6) is -0.681. The molecule has 0 heterocycles. The molecule has 0 unspecified atom stereocenters. The maximum Gasteiger partial charge on any atom is 0.338 e. The largest absolute Gasteiger partial charge is 0.484 e. The zero-order valence-corrected chi connectivity index (χ0v) is 17.6. The van der Waals surface area contributed by atoms with Gasteiger partial charge in [0.2, 0.25) is 5.91 Å². The Hall–Kier alpha value is -3.35. The number of unbranched alkanes of at least 4 members (excludes halogenated alkanes) is 1. The van der Waals surface area contributed by atoms with Crippen LogP contribution < -0.4 is 15.4 Å². The number of carbonyl (C=O) groups is 3. The van der Waals surface area contributed by atoms with Gasteiger partial charge in [-0.25, -0.2) is 4.79 Å². The van der Waals surface area contributed by atoms with Gasteiger partial charge in [0.1, 0.15) is 5.75 Å². The van der Waals surface area contributed by atoms with Gasteiger partial charge in [0, 0.05) is 5.69 Å². The zero-order chi connectivity index (χ0) is 21.9. The summed E-state index contributed by atoms with van der Waals surface area (Å²) in [6.07, 6.45) is 1.78. The summed E-state index contributed by atoms with van der Waals surface area (Å²) in [5.41, 5.74) is 3.08. The molecule has 160 valence electrons. The summed E-state index contributed by atoms with van der Waals surface area (Å²) in [7, 11) is 0. The van der Waals surface area contributed by atoms with Crippen molar-refractivity contribution in [1.82, 2.24) is 5.32 Å². The van der Waals surface area contributed by atoms with E-state index in [1.165, 1.54) is 0 Å². The van der Waals surface area contributed by atoms with Crippen molar-refractivity contribution in [3.63, 3.8) is 0 Å². The van der Waals surface area contributed by atoms with Crippen molar-refractivity contribution in [2.45, 2.75) is 33.6 Å². The van der Waals surface area contributed by atoms with Crippen LogP contribution in [0.5, 0.6) is 5.75 Å². The number of aryl methyl sites for hydroxylation is 2. The van der Waals surface area contributed by atoms with Gasteiger partial charge in [-0.15, -0.1) is 0 Å². The number of esters is 1. The molecule has 0 atom stereocenters. The van der Waals surface area contributed by atoms with Gasteiger partial charge >= 0.3 is 5.97 Å². The predicted octanol–water partition coefficient (Wildman–Crippen LogP) is 3.39. The third-order valence-corrected chi connectivity index (χ3v) is 4.38. The highest BCUT2D eigenvalue weighted by Crippen LogP contribution is 2.19. The van der Waals surface area contributed by atoms with Crippen LogP contribution in [0, 0.1) is 13.8 Å². The van der Waals surface area contributed by atoms with Crippen LogP contribution in [-0.2, 0) is 14.3 Å². The first-order valence-corrected chi connectivity index (χ1v) is 9.93. The van der Waals surface area contributed by atoms with Crippen molar-refractivity contribution < 1.29 is 23.9 Å². The Morgan fingerprint density at radius 3 is 2.23 bits per heavy atom. The van der Waals surface area contributed by atoms with E-state index in [-0.39, 0.29) is 25.0 Å². The average molecular weight is 412 g/mol. The zero-order valence-electron chi connectivity index (χ0n) is 17.6. The number of anilines is 1. The second-order valence-corrected chi connectivity index (χ2v) is 6.89. The normalized spacial score (nSPS) is 10.2. The monoisotopic (exact) mass is 412 g/mol. The van der Waals surface area contributed by atoms with E-state index in [2.05, 4.69) is 10.6 Å². The molecule has 0 bridgehead atoms. The van der Waals surface area contributed by atoms with Gasteiger partial charge in [-0.1, -0.05) is 31.5 Å². The average Bonchev–Trinajstić information content (AvgIpc) is 2.74. The fraction of sp³-hybridized carbons (Fsp3) is 0.348. The molecule has 2 rings (SSSR count). The number of amides is 2. The molecule has 0 saturated carbocycles. The van der Waals surface area contributed by atoms with Crippen LogP contribution in [0.3, 0.4) is 0 Å². The topological polar surface area (TPSA) is 93.7 Å². The molecular formula is C23H28N2O5. The van der Waals surface area contributed by atoms with Crippen LogP contribution in [0.15, 0.2) is 42.5 Å². The molecule has 0 aliphatic heterocycles.